The van der Waals surface area contributed by atoms with Crippen LogP contribution in [0.3, 0.4) is 0 Å². The van der Waals surface area contributed by atoms with Gasteiger partial charge in [-0.05, 0) is 6.07 Å². The summed E-state index contributed by atoms with van der Waals surface area (Å²) in [6.07, 6.45) is -6.44. The second-order valence-corrected chi connectivity index (χ2v) is 3.02. The predicted octanol–water partition coefficient (Wildman–Crippen LogP) is -0.126. The van der Waals surface area contributed by atoms with E-state index in [-0.39, 0.29) is 0 Å². The Morgan fingerprint density at radius 3 is 2.50 bits per heavy atom. The van der Waals surface area contributed by atoms with E-state index in [1.54, 1.807) is 0 Å². The zero-order valence-corrected chi connectivity index (χ0v) is 7.69. The van der Waals surface area contributed by atoms with Gasteiger partial charge in [-0.2, -0.15) is 18.3 Å². The van der Waals surface area contributed by atoms with Crippen molar-refractivity contribution in [1.29, 1.82) is 0 Å². The Hall–Kier alpha value is -1.61. The molecule has 0 saturated heterocycles. The number of nitrogens with two attached hydrogens (primary N) is 1. The molecule has 9 heteroatoms. The number of nitrogens with one attached hydrogen (secondary N) is 1. The van der Waals surface area contributed by atoms with E-state index in [0.717, 1.165) is 0 Å². The molecule has 1 aromatic rings. The summed E-state index contributed by atoms with van der Waals surface area (Å²) in [5, 5.41) is 22.5. The van der Waals surface area contributed by atoms with Gasteiger partial charge < -0.3 is 15.9 Å². The third-order valence-corrected chi connectivity index (χ3v) is 1.83. The number of aromatic amines is 1. The minimum Gasteiger partial charge on any atom is -0.480 e. The van der Waals surface area contributed by atoms with Crippen molar-refractivity contribution < 1.29 is 28.2 Å². The van der Waals surface area contributed by atoms with Gasteiger partial charge in [0.05, 0.1) is 5.69 Å². The van der Waals surface area contributed by atoms with E-state index in [1.165, 1.54) is 0 Å². The summed E-state index contributed by atoms with van der Waals surface area (Å²) in [5.74, 6) is -1.53. The minimum absolute atomic E-state index is 0.401. The van der Waals surface area contributed by atoms with Crippen molar-refractivity contribution in [3.05, 3.63) is 17.5 Å². The molecule has 0 saturated carbocycles. The molecule has 1 rings (SSSR count). The molecule has 16 heavy (non-hydrogen) atoms. The molecule has 90 valence electrons. The normalized spacial score (nSPS) is 15.8. The summed E-state index contributed by atoms with van der Waals surface area (Å²) >= 11 is 0. The van der Waals surface area contributed by atoms with Gasteiger partial charge in [0.25, 0.3) is 0 Å². The highest BCUT2D eigenvalue weighted by Crippen LogP contribution is 2.29. The molecule has 1 aromatic heterocycles. The van der Waals surface area contributed by atoms with E-state index in [1.807, 2.05) is 5.10 Å². The fourth-order valence-electron chi connectivity index (χ4n) is 0.962. The number of aromatic nitrogens is 2. The van der Waals surface area contributed by atoms with Crippen LogP contribution in [0.25, 0.3) is 0 Å². The third-order valence-electron chi connectivity index (χ3n) is 1.83. The lowest BCUT2D eigenvalue weighted by Crippen LogP contribution is -2.36. The van der Waals surface area contributed by atoms with Gasteiger partial charge in [-0.15, -0.1) is 0 Å². The number of aliphatic hydroxyl groups is 1. The first-order valence-electron chi connectivity index (χ1n) is 4.02. The second kappa shape index (κ2) is 4.10. The predicted molar refractivity (Wildman–Crippen MR) is 44.2 cm³/mol. The molecule has 0 aliphatic rings. The smallest absolute Gasteiger partial charge is 0.435 e. The van der Waals surface area contributed by atoms with Crippen LogP contribution in [0.15, 0.2) is 6.07 Å². The Labute approximate surface area is 86.9 Å². The van der Waals surface area contributed by atoms with Crippen LogP contribution in [-0.2, 0) is 11.0 Å². The van der Waals surface area contributed by atoms with Crippen LogP contribution < -0.4 is 5.73 Å². The summed E-state index contributed by atoms with van der Waals surface area (Å²) < 4.78 is 36.3. The zero-order chi connectivity index (χ0) is 12.5. The number of alkyl halides is 3. The first kappa shape index (κ1) is 12.5. The van der Waals surface area contributed by atoms with Gasteiger partial charge in [0, 0.05) is 0 Å². The number of aliphatic carboxylic acids is 1. The van der Waals surface area contributed by atoms with Crippen LogP contribution in [0.4, 0.5) is 13.2 Å². The van der Waals surface area contributed by atoms with Gasteiger partial charge >= 0.3 is 12.1 Å². The van der Waals surface area contributed by atoms with E-state index >= 15 is 0 Å². The topological polar surface area (TPSA) is 112 Å². The Kier molecular flexibility index (Phi) is 3.19. The molecule has 5 N–H and O–H groups in total. The maximum absolute atomic E-state index is 12.1. The molecule has 2 atom stereocenters. The van der Waals surface area contributed by atoms with Crippen LogP contribution in [0.5, 0.6) is 0 Å². The average molecular weight is 239 g/mol. The van der Waals surface area contributed by atoms with Crippen molar-refractivity contribution in [2.75, 3.05) is 0 Å². The first-order valence-corrected chi connectivity index (χ1v) is 4.02. The first-order chi connectivity index (χ1) is 7.23. The van der Waals surface area contributed by atoms with Crippen LogP contribution in [0.1, 0.15) is 17.5 Å². The summed E-state index contributed by atoms with van der Waals surface area (Å²) in [6.45, 7) is 0. The fraction of sp³-hybridized carbons (Fsp3) is 0.429. The molecular formula is C7H8F3N3O3. The summed E-state index contributed by atoms with van der Waals surface area (Å²) in [5.41, 5.74) is 3.38. The van der Waals surface area contributed by atoms with Crippen molar-refractivity contribution in [2.24, 2.45) is 5.73 Å². The van der Waals surface area contributed by atoms with E-state index in [4.69, 9.17) is 10.8 Å². The van der Waals surface area contributed by atoms with E-state index in [9.17, 15) is 23.1 Å². The van der Waals surface area contributed by atoms with Gasteiger partial charge in [-0.25, -0.2) is 0 Å². The largest absolute Gasteiger partial charge is 0.480 e. The summed E-state index contributed by atoms with van der Waals surface area (Å²) in [4.78, 5) is 10.4. The number of carbonyl (C=O) groups is 1. The number of carboxylic acids is 1. The highest BCUT2D eigenvalue weighted by molar-refractivity contribution is 5.74. The number of aliphatic hydroxyl groups excluding tert-OH is 1. The van der Waals surface area contributed by atoms with Crippen molar-refractivity contribution in [2.45, 2.75) is 18.3 Å². The monoisotopic (exact) mass is 239 g/mol. The molecule has 2 unspecified atom stereocenters. The van der Waals surface area contributed by atoms with Gasteiger partial charge in [-0.1, -0.05) is 0 Å². The molecule has 0 amide bonds. The Morgan fingerprint density at radius 2 is 2.12 bits per heavy atom. The quantitative estimate of drug-likeness (QED) is 0.587. The molecule has 0 bridgehead atoms. The summed E-state index contributed by atoms with van der Waals surface area (Å²) in [7, 11) is 0. The number of carboxylic acid groups (broad SMARTS) is 1. The highest BCUT2D eigenvalue weighted by atomic mass is 19.4. The highest BCUT2D eigenvalue weighted by Gasteiger charge is 2.35. The van der Waals surface area contributed by atoms with E-state index in [0.29, 0.717) is 6.07 Å². The lowest BCUT2D eigenvalue weighted by molar-refractivity contribution is -0.141. The molecule has 0 aromatic carbocycles. The number of nitrogens with zero attached hydrogens (tertiary/aromatic N) is 1. The fourth-order valence-corrected chi connectivity index (χ4v) is 0.962. The number of hydrogen-bond donors (Lipinski definition) is 4. The number of halogens is 3. The molecule has 0 fully saturated rings. The lowest BCUT2D eigenvalue weighted by Gasteiger charge is -2.12. The maximum Gasteiger partial charge on any atom is 0.435 e. The lowest BCUT2D eigenvalue weighted by atomic mass is 10.1. The van der Waals surface area contributed by atoms with Crippen LogP contribution >= 0.6 is 0 Å². The number of rotatable bonds is 3. The van der Waals surface area contributed by atoms with Crippen LogP contribution in [-0.4, -0.2) is 32.4 Å². The molecule has 0 aliphatic carbocycles. The van der Waals surface area contributed by atoms with Crippen molar-refractivity contribution in [3.8, 4) is 0 Å². The Bertz CT molecular complexity index is 390. The number of hydrogen-bond acceptors (Lipinski definition) is 4. The van der Waals surface area contributed by atoms with Crippen molar-refractivity contribution >= 4 is 5.97 Å². The van der Waals surface area contributed by atoms with E-state index in [2.05, 4.69) is 5.10 Å². The molecule has 0 radical (unpaired) electrons. The minimum atomic E-state index is -4.66. The Balaban J connectivity index is 2.90. The standard InChI is InChI=1S/C7H8F3N3O3/c8-7(9,10)3-1-2(12-13-3)5(14)4(11)6(15)16/h1,4-5,14H,11H2,(H,12,13)(H,15,16). The third kappa shape index (κ3) is 2.49. The van der Waals surface area contributed by atoms with E-state index < -0.39 is 35.7 Å². The molecule has 0 spiro atoms. The molecule has 1 heterocycles. The van der Waals surface area contributed by atoms with Gasteiger partial charge in [0.15, 0.2) is 5.69 Å². The molecule has 6 nitrogen and oxygen atoms in total. The van der Waals surface area contributed by atoms with Gasteiger partial charge in [-0.3, -0.25) is 9.89 Å². The van der Waals surface area contributed by atoms with Crippen molar-refractivity contribution in [3.63, 3.8) is 0 Å². The summed E-state index contributed by atoms with van der Waals surface area (Å²) in [6, 6.07) is -1.21. The second-order valence-electron chi connectivity index (χ2n) is 3.02. The van der Waals surface area contributed by atoms with Crippen molar-refractivity contribution in [1.82, 2.24) is 10.2 Å². The van der Waals surface area contributed by atoms with Crippen LogP contribution in [0, 0.1) is 0 Å². The molecule has 0 aliphatic heterocycles. The SMILES string of the molecule is NC(C(=O)O)C(O)c1cc(C(F)(F)F)n[nH]1. The Morgan fingerprint density at radius 1 is 1.56 bits per heavy atom. The van der Waals surface area contributed by atoms with Gasteiger partial charge in [0.1, 0.15) is 12.1 Å². The van der Waals surface area contributed by atoms with Crippen LogP contribution in [0.2, 0.25) is 0 Å². The average Bonchev–Trinajstić information content (AvgIpc) is 2.63. The maximum atomic E-state index is 12.1. The molecular weight excluding hydrogens is 231 g/mol. The zero-order valence-electron chi connectivity index (χ0n) is 7.69. The van der Waals surface area contributed by atoms with Gasteiger partial charge in [0.2, 0.25) is 0 Å². The number of H-pyrrole nitrogens is 1.